The topological polar surface area (TPSA) is 12.0 Å². The first-order chi connectivity index (χ1) is 8.69. The van der Waals surface area contributed by atoms with Crippen LogP contribution in [-0.4, -0.2) is 6.54 Å². The van der Waals surface area contributed by atoms with E-state index in [-0.39, 0.29) is 0 Å². The van der Waals surface area contributed by atoms with Gasteiger partial charge in [-0.25, -0.2) is 0 Å². The summed E-state index contributed by atoms with van der Waals surface area (Å²) >= 11 is 8.43. The molecule has 0 saturated carbocycles. The molecule has 0 aliphatic heterocycles. The van der Waals surface area contributed by atoms with Crippen LogP contribution in [0.25, 0.3) is 0 Å². The Morgan fingerprint density at radius 3 is 2.89 bits per heavy atom. The van der Waals surface area contributed by atoms with Crippen molar-refractivity contribution in [1.29, 1.82) is 0 Å². The minimum absolute atomic E-state index is 0.354. The summed E-state index contributed by atoms with van der Waals surface area (Å²) in [4.78, 5) is 0. The Hall–Kier alpha value is -0.240. The summed E-state index contributed by atoms with van der Waals surface area (Å²) in [6, 6.07) is 6.64. The van der Waals surface area contributed by atoms with Gasteiger partial charge in [0.15, 0.2) is 0 Å². The molecule has 0 fully saturated rings. The molecule has 0 heterocycles. The van der Waals surface area contributed by atoms with Gasteiger partial charge in [-0.15, -0.1) is 12.3 Å². The van der Waals surface area contributed by atoms with Crippen LogP contribution in [0.4, 0.5) is 0 Å². The van der Waals surface area contributed by atoms with E-state index >= 15 is 0 Å². The van der Waals surface area contributed by atoms with Crippen LogP contribution in [0.15, 0.2) is 18.2 Å². The quantitative estimate of drug-likeness (QED) is 0.410. The molecule has 1 atom stereocenters. The third-order valence-electron chi connectivity index (χ3n) is 2.80. The Morgan fingerprint density at radius 2 is 2.28 bits per heavy atom. The fourth-order valence-corrected chi connectivity index (χ4v) is 2.37. The first kappa shape index (κ1) is 15.8. The summed E-state index contributed by atoms with van der Waals surface area (Å²) < 4.78 is 1.09. The third kappa shape index (κ3) is 5.17. The number of hydrogen-bond acceptors (Lipinski definition) is 1. The van der Waals surface area contributed by atoms with Gasteiger partial charge in [-0.2, -0.15) is 0 Å². The molecule has 0 radical (unpaired) electrons. The molecule has 1 unspecified atom stereocenters. The number of hydrogen-bond donors (Lipinski definition) is 1. The Morgan fingerprint density at radius 1 is 1.50 bits per heavy atom. The van der Waals surface area contributed by atoms with E-state index in [1.54, 1.807) is 0 Å². The molecule has 0 aromatic heterocycles. The molecular formula is C15H19ClIN. The molecule has 0 spiro atoms. The first-order valence-electron chi connectivity index (χ1n) is 6.30. The van der Waals surface area contributed by atoms with Crippen molar-refractivity contribution < 1.29 is 0 Å². The molecule has 0 aliphatic rings. The number of unbranched alkanes of at least 4 members (excludes halogenated alkanes) is 1. The predicted molar refractivity (Wildman–Crippen MR) is 87.9 cm³/mol. The van der Waals surface area contributed by atoms with Crippen molar-refractivity contribution in [2.24, 2.45) is 0 Å². The van der Waals surface area contributed by atoms with E-state index in [0.717, 1.165) is 40.8 Å². The molecule has 0 aliphatic carbocycles. The largest absolute Gasteiger partial charge is 0.310 e. The van der Waals surface area contributed by atoms with Crippen molar-refractivity contribution in [3.8, 4) is 12.3 Å². The van der Waals surface area contributed by atoms with Crippen molar-refractivity contribution >= 4 is 34.2 Å². The van der Waals surface area contributed by atoms with E-state index in [9.17, 15) is 0 Å². The summed E-state index contributed by atoms with van der Waals surface area (Å²) in [5, 5.41) is 4.39. The highest BCUT2D eigenvalue weighted by Gasteiger charge is 2.11. The van der Waals surface area contributed by atoms with Crippen molar-refractivity contribution in [3.63, 3.8) is 0 Å². The van der Waals surface area contributed by atoms with Crippen LogP contribution in [-0.2, 0) is 0 Å². The SMILES string of the molecule is C#CCCCC(NCCC)c1ccc(I)c(Cl)c1. The van der Waals surface area contributed by atoms with Crippen molar-refractivity contribution in [2.45, 2.75) is 38.6 Å². The Kier molecular flexibility index (Phi) is 7.73. The van der Waals surface area contributed by atoms with Crippen LogP contribution in [0.3, 0.4) is 0 Å². The van der Waals surface area contributed by atoms with Gasteiger partial charge in [0.05, 0.1) is 5.02 Å². The molecule has 1 aromatic rings. The highest BCUT2D eigenvalue weighted by atomic mass is 127. The first-order valence-corrected chi connectivity index (χ1v) is 7.76. The normalized spacial score (nSPS) is 12.1. The third-order valence-corrected chi connectivity index (χ3v) is 4.37. The van der Waals surface area contributed by atoms with Crippen molar-refractivity contribution in [3.05, 3.63) is 32.4 Å². The zero-order chi connectivity index (χ0) is 13.4. The minimum Gasteiger partial charge on any atom is -0.310 e. The lowest BCUT2D eigenvalue weighted by Gasteiger charge is -2.19. The second-order valence-electron chi connectivity index (χ2n) is 4.28. The van der Waals surface area contributed by atoms with E-state index in [1.807, 2.05) is 0 Å². The molecule has 1 aromatic carbocycles. The number of rotatable bonds is 7. The Bertz CT molecular complexity index is 411. The maximum absolute atomic E-state index is 6.19. The van der Waals surface area contributed by atoms with Gasteiger partial charge in [-0.1, -0.05) is 24.6 Å². The van der Waals surface area contributed by atoms with E-state index in [1.165, 1.54) is 5.56 Å². The number of benzene rings is 1. The summed E-state index contributed by atoms with van der Waals surface area (Å²) in [5.41, 5.74) is 1.26. The molecule has 0 bridgehead atoms. The summed E-state index contributed by atoms with van der Waals surface area (Å²) in [5.74, 6) is 2.70. The van der Waals surface area contributed by atoms with Crippen LogP contribution in [0.5, 0.6) is 0 Å². The van der Waals surface area contributed by atoms with E-state index in [0.29, 0.717) is 6.04 Å². The zero-order valence-electron chi connectivity index (χ0n) is 10.7. The minimum atomic E-state index is 0.354. The Balaban J connectivity index is 2.73. The van der Waals surface area contributed by atoms with Crippen LogP contribution in [0, 0.1) is 15.9 Å². The molecule has 0 amide bonds. The van der Waals surface area contributed by atoms with Crippen LogP contribution in [0.2, 0.25) is 5.02 Å². The van der Waals surface area contributed by atoms with Gasteiger partial charge in [0.1, 0.15) is 0 Å². The van der Waals surface area contributed by atoms with E-state index in [2.05, 4.69) is 59.0 Å². The highest BCUT2D eigenvalue weighted by Crippen LogP contribution is 2.26. The maximum Gasteiger partial charge on any atom is 0.0542 e. The van der Waals surface area contributed by atoms with Crippen molar-refractivity contribution in [1.82, 2.24) is 5.32 Å². The van der Waals surface area contributed by atoms with Crippen molar-refractivity contribution in [2.75, 3.05) is 6.54 Å². The van der Waals surface area contributed by atoms with E-state index < -0.39 is 0 Å². The predicted octanol–water partition coefficient (Wildman–Crippen LogP) is 4.79. The standard InChI is InChI=1S/C15H19ClIN/c1-3-5-6-7-15(18-10-4-2)12-8-9-14(17)13(16)11-12/h1,8-9,11,15,18H,4-7,10H2,2H3. The smallest absolute Gasteiger partial charge is 0.0542 e. The summed E-state index contributed by atoms with van der Waals surface area (Å²) in [6.45, 7) is 3.19. The average molecular weight is 376 g/mol. The summed E-state index contributed by atoms with van der Waals surface area (Å²) in [6.07, 6.45) is 9.37. The molecule has 1 rings (SSSR count). The van der Waals surface area contributed by atoms with Crippen LogP contribution >= 0.6 is 34.2 Å². The number of halogens is 2. The van der Waals surface area contributed by atoms with Gasteiger partial charge >= 0.3 is 0 Å². The number of terminal acetylenes is 1. The molecule has 3 heteroatoms. The monoisotopic (exact) mass is 375 g/mol. The van der Waals surface area contributed by atoms with Gasteiger partial charge in [-0.05, 0) is 66.1 Å². The van der Waals surface area contributed by atoms with Gasteiger partial charge in [0, 0.05) is 16.0 Å². The second-order valence-corrected chi connectivity index (χ2v) is 5.85. The van der Waals surface area contributed by atoms with Gasteiger partial charge < -0.3 is 5.32 Å². The molecule has 0 saturated heterocycles. The average Bonchev–Trinajstić information content (AvgIpc) is 2.37. The van der Waals surface area contributed by atoms with E-state index in [4.69, 9.17) is 18.0 Å². The lowest BCUT2D eigenvalue weighted by molar-refractivity contribution is 0.487. The molecule has 1 nitrogen and oxygen atoms in total. The van der Waals surface area contributed by atoms with Gasteiger partial charge in [-0.3, -0.25) is 0 Å². The highest BCUT2D eigenvalue weighted by molar-refractivity contribution is 14.1. The molecule has 98 valence electrons. The zero-order valence-corrected chi connectivity index (χ0v) is 13.6. The Labute approximate surface area is 129 Å². The van der Waals surface area contributed by atoms with Gasteiger partial charge in [0.2, 0.25) is 0 Å². The number of nitrogens with one attached hydrogen (secondary N) is 1. The molecule has 1 N–H and O–H groups in total. The van der Waals surface area contributed by atoms with Crippen LogP contribution in [0.1, 0.15) is 44.2 Å². The van der Waals surface area contributed by atoms with Crippen LogP contribution < -0.4 is 5.32 Å². The fraction of sp³-hybridized carbons (Fsp3) is 0.467. The maximum atomic E-state index is 6.19. The molecular weight excluding hydrogens is 357 g/mol. The lowest BCUT2D eigenvalue weighted by Crippen LogP contribution is -2.22. The summed E-state index contributed by atoms with van der Waals surface area (Å²) in [7, 11) is 0. The molecule has 18 heavy (non-hydrogen) atoms. The van der Waals surface area contributed by atoms with Gasteiger partial charge in [0.25, 0.3) is 0 Å². The second kappa shape index (κ2) is 8.79. The fourth-order valence-electron chi connectivity index (χ4n) is 1.84. The lowest BCUT2D eigenvalue weighted by atomic mass is 10.0.